The Morgan fingerprint density at radius 2 is 2.08 bits per heavy atom. The maximum Gasteiger partial charge on any atom is 0.411 e. The van der Waals surface area contributed by atoms with Gasteiger partial charge in [-0.05, 0) is 20.8 Å². The van der Waals surface area contributed by atoms with E-state index in [9.17, 15) is 14.9 Å². The average Bonchev–Trinajstić information content (AvgIpc) is 1.81. The van der Waals surface area contributed by atoms with E-state index in [1.807, 2.05) is 0 Å². The van der Waals surface area contributed by atoms with Crippen LogP contribution in [0.3, 0.4) is 0 Å². The van der Waals surface area contributed by atoms with Crippen LogP contribution in [0.2, 0.25) is 0 Å². The fraction of sp³-hybridized carbons (Fsp3) is 0.571. The molecular weight excluding hydrogens is 176 g/mol. The minimum absolute atomic E-state index is 0.605. The predicted molar refractivity (Wildman–Crippen MR) is 45.5 cm³/mol. The second-order valence-electron chi connectivity index (χ2n) is 3.25. The van der Waals surface area contributed by atoms with Crippen molar-refractivity contribution in [2.24, 2.45) is 0 Å². The van der Waals surface area contributed by atoms with Crippen LogP contribution < -0.4 is 5.32 Å². The average molecular weight is 188 g/mol. The van der Waals surface area contributed by atoms with E-state index in [0.717, 1.165) is 6.20 Å². The smallest absolute Gasteiger partial charge is 0.411 e. The van der Waals surface area contributed by atoms with Gasteiger partial charge in [0.15, 0.2) is 0 Å². The molecule has 0 radical (unpaired) electrons. The van der Waals surface area contributed by atoms with Crippen LogP contribution in [-0.2, 0) is 4.74 Å². The van der Waals surface area contributed by atoms with E-state index in [1.165, 1.54) is 0 Å². The van der Waals surface area contributed by atoms with Crippen molar-refractivity contribution in [3.8, 4) is 0 Å². The monoisotopic (exact) mass is 188 g/mol. The minimum Gasteiger partial charge on any atom is -0.444 e. The van der Waals surface area contributed by atoms with Gasteiger partial charge >= 0.3 is 6.09 Å². The molecule has 0 saturated heterocycles. The van der Waals surface area contributed by atoms with Crippen LogP contribution in [-0.4, -0.2) is 16.6 Å². The van der Waals surface area contributed by atoms with Gasteiger partial charge in [-0.25, -0.2) is 4.79 Å². The number of hydrogen-bond acceptors (Lipinski definition) is 4. The fourth-order valence-electron chi connectivity index (χ4n) is 0.474. The number of nitro groups is 1. The maximum absolute atomic E-state index is 10.8. The number of ether oxygens (including phenoxy) is 1. The number of hydrogen-bond donors (Lipinski definition) is 1. The lowest BCUT2D eigenvalue weighted by Gasteiger charge is -2.18. The van der Waals surface area contributed by atoms with E-state index < -0.39 is 16.6 Å². The quantitative estimate of drug-likeness (QED) is 0.522. The first kappa shape index (κ1) is 11.4. The van der Waals surface area contributed by atoms with Crippen molar-refractivity contribution >= 4 is 6.09 Å². The van der Waals surface area contributed by atoms with Gasteiger partial charge in [0, 0.05) is 0 Å². The van der Waals surface area contributed by atoms with Gasteiger partial charge in [0.1, 0.15) is 5.60 Å². The van der Waals surface area contributed by atoms with Crippen LogP contribution in [0.4, 0.5) is 4.79 Å². The molecule has 0 aromatic carbocycles. The van der Waals surface area contributed by atoms with Gasteiger partial charge in [-0.3, -0.25) is 15.4 Å². The molecule has 0 aromatic rings. The van der Waals surface area contributed by atoms with Gasteiger partial charge in [0.05, 0.1) is 11.1 Å². The van der Waals surface area contributed by atoms with Gasteiger partial charge < -0.3 is 4.74 Å². The number of rotatable bonds is 2. The molecule has 0 aliphatic carbocycles. The summed E-state index contributed by atoms with van der Waals surface area (Å²) in [5.41, 5.74) is -0.605. The Labute approximate surface area is 75.7 Å². The Morgan fingerprint density at radius 1 is 1.54 bits per heavy atom. The van der Waals surface area contributed by atoms with E-state index in [2.05, 4.69) is 5.32 Å². The molecule has 0 rings (SSSR count). The van der Waals surface area contributed by atoms with Crippen LogP contribution in [0.25, 0.3) is 0 Å². The zero-order valence-corrected chi connectivity index (χ0v) is 7.73. The van der Waals surface area contributed by atoms with Crippen LogP contribution in [0.15, 0.2) is 12.4 Å². The highest BCUT2D eigenvalue weighted by Gasteiger charge is 2.14. The van der Waals surface area contributed by atoms with E-state index in [0.29, 0.717) is 6.20 Å². The molecule has 1 N–H and O–H groups in total. The Bertz CT molecular complexity index is 229. The standard InChI is InChI=1S/C7H12N2O4/c1-7(2,3)13-6(10)8-4-5-9(11)12/h4-5H,1-3H3,(H,8,10). The number of nitrogens with zero attached hydrogens (tertiary/aromatic N) is 1. The van der Waals surface area contributed by atoms with Gasteiger partial charge in [-0.2, -0.15) is 0 Å². The summed E-state index contributed by atoms with van der Waals surface area (Å²) in [4.78, 5) is 19.9. The second-order valence-corrected chi connectivity index (χ2v) is 3.25. The first-order valence-electron chi connectivity index (χ1n) is 3.61. The van der Waals surface area contributed by atoms with Gasteiger partial charge in [0.25, 0.3) is 0 Å². The largest absolute Gasteiger partial charge is 0.444 e. The fourth-order valence-corrected chi connectivity index (χ4v) is 0.474. The Balaban J connectivity index is 3.83. The summed E-state index contributed by atoms with van der Waals surface area (Å²) in [5, 5.41) is 11.9. The molecule has 0 atom stereocenters. The molecule has 0 unspecified atom stereocenters. The normalized spacial score (nSPS) is 11.3. The van der Waals surface area contributed by atoms with Gasteiger partial charge in [0.2, 0.25) is 6.20 Å². The highest BCUT2D eigenvalue weighted by Crippen LogP contribution is 2.05. The second kappa shape index (κ2) is 4.44. The molecule has 0 saturated carbocycles. The lowest BCUT2D eigenvalue weighted by atomic mass is 10.2. The van der Waals surface area contributed by atoms with Crippen molar-refractivity contribution in [2.75, 3.05) is 0 Å². The summed E-state index contributed by atoms with van der Waals surface area (Å²) < 4.78 is 4.80. The van der Waals surface area contributed by atoms with Crippen molar-refractivity contribution in [1.29, 1.82) is 0 Å². The van der Waals surface area contributed by atoms with Crippen molar-refractivity contribution in [2.45, 2.75) is 26.4 Å². The zero-order chi connectivity index (χ0) is 10.5. The first-order valence-corrected chi connectivity index (χ1v) is 3.61. The molecule has 0 spiro atoms. The summed E-state index contributed by atoms with van der Waals surface area (Å²) in [6, 6.07) is 0. The van der Waals surface area contributed by atoms with E-state index in [1.54, 1.807) is 20.8 Å². The molecule has 0 aromatic heterocycles. The van der Waals surface area contributed by atoms with E-state index in [-0.39, 0.29) is 0 Å². The molecule has 0 aliphatic rings. The predicted octanol–water partition coefficient (Wildman–Crippen LogP) is 1.26. The molecule has 0 heterocycles. The third-order valence-corrected chi connectivity index (χ3v) is 0.796. The lowest BCUT2D eigenvalue weighted by molar-refractivity contribution is -0.402. The molecule has 1 amide bonds. The summed E-state index contributed by atoms with van der Waals surface area (Å²) >= 11 is 0. The van der Waals surface area contributed by atoms with Crippen molar-refractivity contribution in [3.05, 3.63) is 22.5 Å². The molecule has 0 bridgehead atoms. The number of carbonyl (C=O) groups excluding carboxylic acids is 1. The first-order chi connectivity index (χ1) is 5.81. The number of amides is 1. The highest BCUT2D eigenvalue weighted by atomic mass is 16.6. The lowest BCUT2D eigenvalue weighted by Crippen LogP contribution is -2.29. The van der Waals surface area contributed by atoms with Crippen molar-refractivity contribution in [1.82, 2.24) is 5.32 Å². The molecular formula is C7H12N2O4. The van der Waals surface area contributed by atoms with Crippen LogP contribution in [0.5, 0.6) is 0 Å². The number of nitrogens with one attached hydrogen (secondary N) is 1. The molecule has 74 valence electrons. The summed E-state index contributed by atoms with van der Waals surface area (Å²) in [6.45, 7) is 5.09. The Kier molecular flexibility index (Phi) is 3.90. The SMILES string of the molecule is CC(C)(C)OC(=O)NC=C[N+](=O)[O-]. The van der Waals surface area contributed by atoms with Gasteiger partial charge in [-0.1, -0.05) is 0 Å². The highest BCUT2D eigenvalue weighted by molar-refractivity contribution is 5.68. The van der Waals surface area contributed by atoms with Crippen molar-refractivity contribution < 1.29 is 14.5 Å². The maximum atomic E-state index is 10.8. The molecule has 13 heavy (non-hydrogen) atoms. The van der Waals surface area contributed by atoms with Crippen LogP contribution in [0, 0.1) is 10.1 Å². The summed E-state index contributed by atoms with van der Waals surface area (Å²) in [7, 11) is 0. The van der Waals surface area contributed by atoms with Crippen LogP contribution >= 0.6 is 0 Å². The van der Waals surface area contributed by atoms with E-state index >= 15 is 0 Å². The molecule has 6 heteroatoms. The molecule has 0 fully saturated rings. The number of alkyl carbamates (subject to hydrolysis) is 1. The molecule has 6 nitrogen and oxygen atoms in total. The number of carbonyl (C=O) groups is 1. The zero-order valence-electron chi connectivity index (χ0n) is 7.73. The van der Waals surface area contributed by atoms with Crippen LogP contribution in [0.1, 0.15) is 20.8 Å². The third kappa shape index (κ3) is 8.32. The topological polar surface area (TPSA) is 81.5 Å². The van der Waals surface area contributed by atoms with E-state index in [4.69, 9.17) is 4.74 Å². The summed E-state index contributed by atoms with van der Waals surface area (Å²) in [6.07, 6.45) is 0.809. The minimum atomic E-state index is -0.717. The van der Waals surface area contributed by atoms with Gasteiger partial charge in [-0.15, -0.1) is 0 Å². The third-order valence-electron chi connectivity index (χ3n) is 0.796. The Hall–Kier alpha value is -1.59. The summed E-state index contributed by atoms with van der Waals surface area (Å²) in [5.74, 6) is 0. The van der Waals surface area contributed by atoms with Crippen molar-refractivity contribution in [3.63, 3.8) is 0 Å². The molecule has 0 aliphatic heterocycles. The Morgan fingerprint density at radius 3 is 2.46 bits per heavy atom.